The van der Waals surface area contributed by atoms with Crippen LogP contribution in [0.2, 0.25) is 10.0 Å². The van der Waals surface area contributed by atoms with E-state index in [1.54, 1.807) is 48.5 Å². The summed E-state index contributed by atoms with van der Waals surface area (Å²) in [5, 5.41) is 0.929. The smallest absolute Gasteiger partial charge is 0.235 e. The molecule has 0 atom stereocenters. The quantitative estimate of drug-likeness (QED) is 0.297. The Bertz CT molecular complexity index is 1410. The molecule has 4 rings (SSSR count). The van der Waals surface area contributed by atoms with Gasteiger partial charge in [-0.3, -0.25) is 9.59 Å². The van der Waals surface area contributed by atoms with Crippen LogP contribution in [0.25, 0.3) is 22.3 Å². The summed E-state index contributed by atoms with van der Waals surface area (Å²) in [6, 6.07) is 16.4. The average molecular weight is 485 g/mol. The van der Waals surface area contributed by atoms with Gasteiger partial charge in [-0.1, -0.05) is 35.3 Å². The van der Waals surface area contributed by atoms with E-state index in [9.17, 15) is 9.59 Å². The Morgan fingerprint density at radius 2 is 1.70 bits per heavy atom. The van der Waals surface area contributed by atoms with Crippen molar-refractivity contribution >= 4 is 40.0 Å². The van der Waals surface area contributed by atoms with Crippen molar-refractivity contribution < 1.29 is 23.4 Å². The van der Waals surface area contributed by atoms with Crippen molar-refractivity contribution in [1.29, 1.82) is 0 Å². The zero-order valence-electron chi connectivity index (χ0n) is 17.7. The van der Waals surface area contributed by atoms with Crippen molar-refractivity contribution in [2.24, 2.45) is 0 Å². The molecule has 1 aromatic heterocycles. The van der Waals surface area contributed by atoms with E-state index in [2.05, 4.69) is 0 Å². The van der Waals surface area contributed by atoms with Gasteiger partial charge in [-0.25, -0.2) is 0 Å². The third-order valence-corrected chi connectivity index (χ3v) is 5.53. The minimum Gasteiger partial charge on any atom is -0.493 e. The number of halogens is 2. The van der Waals surface area contributed by atoms with Gasteiger partial charge in [0.1, 0.15) is 5.58 Å². The molecule has 0 fully saturated rings. The first-order valence-corrected chi connectivity index (χ1v) is 10.6. The number of hydrogen-bond donors (Lipinski definition) is 0. The first kappa shape index (κ1) is 22.7. The molecule has 0 aliphatic carbocycles. The molecule has 0 amide bonds. The molecular formula is C25H18Cl2O6. The van der Waals surface area contributed by atoms with Gasteiger partial charge in [-0.05, 0) is 48.5 Å². The topological polar surface area (TPSA) is 75.0 Å². The first-order valence-electron chi connectivity index (χ1n) is 9.82. The van der Waals surface area contributed by atoms with Crippen molar-refractivity contribution in [3.8, 4) is 28.6 Å². The van der Waals surface area contributed by atoms with Gasteiger partial charge in [-0.15, -0.1) is 0 Å². The number of ketones is 1. The molecule has 0 spiro atoms. The number of hydrogen-bond acceptors (Lipinski definition) is 6. The van der Waals surface area contributed by atoms with Crippen molar-refractivity contribution in [3.05, 3.63) is 86.5 Å². The van der Waals surface area contributed by atoms with Gasteiger partial charge in [0.2, 0.25) is 17.0 Å². The van der Waals surface area contributed by atoms with Gasteiger partial charge < -0.3 is 18.6 Å². The van der Waals surface area contributed by atoms with Crippen LogP contribution in [-0.2, 0) is 0 Å². The van der Waals surface area contributed by atoms with Crippen molar-refractivity contribution in [2.75, 3.05) is 20.8 Å². The number of Topliss-reactive ketones (excluding diaryl/α,β-unsaturated/α-hetero) is 1. The Hall–Kier alpha value is -3.48. The predicted molar refractivity (Wildman–Crippen MR) is 127 cm³/mol. The molecule has 6 nitrogen and oxygen atoms in total. The number of rotatable bonds is 7. The van der Waals surface area contributed by atoms with Gasteiger partial charge in [0.15, 0.2) is 23.9 Å². The fourth-order valence-electron chi connectivity index (χ4n) is 3.35. The Morgan fingerprint density at radius 1 is 0.939 bits per heavy atom. The normalized spacial score (nSPS) is 10.8. The van der Waals surface area contributed by atoms with Crippen LogP contribution in [0.1, 0.15) is 10.4 Å². The van der Waals surface area contributed by atoms with Gasteiger partial charge >= 0.3 is 0 Å². The standard InChI is InChI=1S/C25H18Cl2O6/c1-30-21-10-7-14(11-22(21)31-2)24-25(23(29)17-5-3-4-6-20(17)33-24)32-13-19(28)16-9-8-15(26)12-18(16)27/h3-12H,13H2,1-2H3. The molecule has 3 aromatic carbocycles. The zero-order chi connectivity index (χ0) is 23.5. The second-order valence-electron chi connectivity index (χ2n) is 6.99. The molecule has 168 valence electrons. The van der Waals surface area contributed by atoms with Gasteiger partial charge in [-0.2, -0.15) is 0 Å². The maximum atomic E-state index is 13.3. The molecule has 0 N–H and O–H groups in total. The van der Waals surface area contributed by atoms with Gasteiger partial charge in [0.25, 0.3) is 0 Å². The Kier molecular flexibility index (Phi) is 6.58. The number of ether oxygens (including phenoxy) is 3. The number of benzene rings is 3. The fourth-order valence-corrected chi connectivity index (χ4v) is 3.87. The number of fused-ring (bicyclic) bond motifs is 1. The lowest BCUT2D eigenvalue weighted by molar-refractivity contribution is 0.0920. The Morgan fingerprint density at radius 3 is 2.42 bits per heavy atom. The molecular weight excluding hydrogens is 467 g/mol. The van der Waals surface area contributed by atoms with E-state index in [0.29, 0.717) is 33.1 Å². The van der Waals surface area contributed by atoms with E-state index >= 15 is 0 Å². The zero-order valence-corrected chi connectivity index (χ0v) is 19.2. The molecule has 4 aromatic rings. The highest BCUT2D eigenvalue weighted by atomic mass is 35.5. The van der Waals surface area contributed by atoms with Crippen LogP contribution in [0.3, 0.4) is 0 Å². The van der Waals surface area contributed by atoms with Crippen LogP contribution in [0.15, 0.2) is 69.9 Å². The summed E-state index contributed by atoms with van der Waals surface area (Å²) in [5.74, 6) is 0.608. The summed E-state index contributed by atoms with van der Waals surface area (Å²) in [7, 11) is 3.03. The van der Waals surface area contributed by atoms with Crippen LogP contribution in [0.5, 0.6) is 17.2 Å². The van der Waals surface area contributed by atoms with Crippen molar-refractivity contribution in [3.63, 3.8) is 0 Å². The number of methoxy groups -OCH3 is 2. The lowest BCUT2D eigenvalue weighted by Crippen LogP contribution is -2.17. The molecule has 1 heterocycles. The van der Waals surface area contributed by atoms with E-state index in [4.69, 9.17) is 41.8 Å². The molecule has 0 aliphatic rings. The third-order valence-electron chi connectivity index (χ3n) is 4.98. The lowest BCUT2D eigenvalue weighted by Gasteiger charge is -2.13. The monoisotopic (exact) mass is 484 g/mol. The van der Waals surface area contributed by atoms with Crippen LogP contribution in [-0.4, -0.2) is 26.6 Å². The molecule has 0 radical (unpaired) electrons. The van der Waals surface area contributed by atoms with Crippen LogP contribution < -0.4 is 19.6 Å². The van der Waals surface area contributed by atoms with E-state index in [1.807, 2.05) is 0 Å². The van der Waals surface area contributed by atoms with E-state index < -0.39 is 17.8 Å². The molecule has 33 heavy (non-hydrogen) atoms. The largest absolute Gasteiger partial charge is 0.493 e. The van der Waals surface area contributed by atoms with Crippen LogP contribution in [0, 0.1) is 0 Å². The minimum absolute atomic E-state index is 0.0978. The third kappa shape index (κ3) is 4.53. The maximum Gasteiger partial charge on any atom is 0.235 e. The highest BCUT2D eigenvalue weighted by Crippen LogP contribution is 2.36. The molecule has 0 saturated heterocycles. The second-order valence-corrected chi connectivity index (χ2v) is 7.84. The highest BCUT2D eigenvalue weighted by molar-refractivity contribution is 6.36. The Labute approximate surface area is 199 Å². The maximum absolute atomic E-state index is 13.3. The molecule has 0 saturated carbocycles. The average Bonchev–Trinajstić information content (AvgIpc) is 2.82. The summed E-state index contributed by atoms with van der Waals surface area (Å²) < 4.78 is 22.4. The van der Waals surface area contributed by atoms with Crippen LogP contribution in [0.4, 0.5) is 0 Å². The molecule has 0 aliphatic heterocycles. The first-order chi connectivity index (χ1) is 15.9. The number of carbonyl (C=O) groups excluding carboxylic acids is 1. The number of para-hydroxylation sites is 1. The lowest BCUT2D eigenvalue weighted by atomic mass is 10.1. The minimum atomic E-state index is -0.426. The summed E-state index contributed by atoms with van der Waals surface area (Å²) in [6.07, 6.45) is 0. The van der Waals surface area contributed by atoms with Crippen molar-refractivity contribution in [1.82, 2.24) is 0 Å². The van der Waals surface area contributed by atoms with E-state index in [1.165, 1.54) is 26.4 Å². The number of carbonyl (C=O) groups is 1. The van der Waals surface area contributed by atoms with Crippen LogP contribution >= 0.6 is 23.2 Å². The van der Waals surface area contributed by atoms with Gasteiger partial charge in [0.05, 0.1) is 24.6 Å². The summed E-state index contributed by atoms with van der Waals surface area (Å²) in [5.41, 5.74) is 0.727. The molecule has 0 bridgehead atoms. The summed E-state index contributed by atoms with van der Waals surface area (Å²) >= 11 is 12.0. The fraction of sp³-hybridized carbons (Fsp3) is 0.120. The SMILES string of the molecule is COc1ccc(-c2oc3ccccc3c(=O)c2OCC(=O)c2ccc(Cl)cc2Cl)cc1OC. The predicted octanol–water partition coefficient (Wildman–Crippen LogP) is 6.05. The molecule has 8 heteroatoms. The van der Waals surface area contributed by atoms with E-state index in [-0.39, 0.29) is 22.1 Å². The highest BCUT2D eigenvalue weighted by Gasteiger charge is 2.21. The summed E-state index contributed by atoms with van der Waals surface area (Å²) in [4.78, 5) is 26.0. The summed E-state index contributed by atoms with van der Waals surface area (Å²) in [6.45, 7) is -0.426. The van der Waals surface area contributed by atoms with Crippen molar-refractivity contribution in [2.45, 2.75) is 0 Å². The van der Waals surface area contributed by atoms with Gasteiger partial charge in [0, 0.05) is 16.1 Å². The van der Waals surface area contributed by atoms with E-state index in [0.717, 1.165) is 0 Å². The Balaban J connectivity index is 1.79. The molecule has 0 unspecified atom stereocenters. The second kappa shape index (κ2) is 9.57.